The molecule has 0 saturated heterocycles. The van der Waals surface area contributed by atoms with Crippen molar-refractivity contribution in [1.82, 2.24) is 9.55 Å². The molecule has 1 heterocycles. The van der Waals surface area contributed by atoms with E-state index in [9.17, 15) is 0 Å². The van der Waals surface area contributed by atoms with Gasteiger partial charge in [0.1, 0.15) is 5.82 Å². The van der Waals surface area contributed by atoms with E-state index in [4.69, 9.17) is 10.2 Å². The zero-order valence-corrected chi connectivity index (χ0v) is 13.1. The molecule has 0 amide bonds. The van der Waals surface area contributed by atoms with Crippen molar-refractivity contribution in [2.45, 2.75) is 13.5 Å². The van der Waals surface area contributed by atoms with E-state index in [0.717, 1.165) is 29.0 Å². The molecule has 0 bridgehead atoms. The number of aromatic nitrogens is 2. The number of hydrogen-bond donors (Lipinski definition) is 0. The Morgan fingerprint density at radius 3 is 2.60 bits per heavy atom. The summed E-state index contributed by atoms with van der Waals surface area (Å²) < 4.78 is 3.39. The summed E-state index contributed by atoms with van der Waals surface area (Å²) >= 11 is 2.29. The molecule has 0 N–H and O–H groups in total. The van der Waals surface area contributed by atoms with Crippen LogP contribution in [0, 0.1) is 14.9 Å². The Kier molecular flexibility index (Phi) is 3.45. The monoisotopic (exact) mass is 373 g/mol. The standard InChI is InChI=1S/C16H12IN3/c1-2-20-15-8-3-11(10-18)9-14(15)19-16(20)12-4-6-13(17)7-5-12/h3-9H,2H2,1H3. The van der Waals surface area contributed by atoms with E-state index >= 15 is 0 Å². The van der Waals surface area contributed by atoms with Gasteiger partial charge in [0.25, 0.3) is 0 Å². The maximum absolute atomic E-state index is 8.99. The van der Waals surface area contributed by atoms with Crippen LogP contribution in [0.1, 0.15) is 12.5 Å². The van der Waals surface area contributed by atoms with Crippen molar-refractivity contribution in [2.75, 3.05) is 0 Å². The van der Waals surface area contributed by atoms with Crippen LogP contribution < -0.4 is 0 Å². The molecule has 20 heavy (non-hydrogen) atoms. The third-order valence-corrected chi connectivity index (χ3v) is 4.02. The molecule has 3 rings (SSSR count). The number of rotatable bonds is 2. The van der Waals surface area contributed by atoms with Crippen LogP contribution >= 0.6 is 22.6 Å². The molecule has 0 radical (unpaired) electrons. The van der Waals surface area contributed by atoms with Crippen molar-refractivity contribution in [1.29, 1.82) is 5.26 Å². The van der Waals surface area contributed by atoms with Gasteiger partial charge in [0.15, 0.2) is 0 Å². The second kappa shape index (κ2) is 5.25. The highest BCUT2D eigenvalue weighted by atomic mass is 127. The van der Waals surface area contributed by atoms with Gasteiger partial charge in [0, 0.05) is 15.7 Å². The maximum Gasteiger partial charge on any atom is 0.141 e. The molecule has 0 aliphatic carbocycles. The van der Waals surface area contributed by atoms with Crippen molar-refractivity contribution in [2.24, 2.45) is 0 Å². The third kappa shape index (κ3) is 2.18. The normalized spacial score (nSPS) is 10.7. The van der Waals surface area contributed by atoms with E-state index in [0.29, 0.717) is 5.56 Å². The minimum atomic E-state index is 0.646. The number of aryl methyl sites for hydroxylation is 1. The first-order chi connectivity index (χ1) is 9.72. The van der Waals surface area contributed by atoms with Gasteiger partial charge in [-0.25, -0.2) is 4.98 Å². The fourth-order valence-corrected chi connectivity index (χ4v) is 2.70. The number of fused-ring (bicyclic) bond motifs is 1. The van der Waals surface area contributed by atoms with Crippen LogP contribution in [0.15, 0.2) is 42.5 Å². The predicted octanol–water partition coefficient (Wildman–Crippen LogP) is 4.20. The summed E-state index contributed by atoms with van der Waals surface area (Å²) in [5, 5.41) is 8.99. The molecule has 3 nitrogen and oxygen atoms in total. The molecule has 0 aliphatic rings. The average molecular weight is 373 g/mol. The molecule has 0 spiro atoms. The first kappa shape index (κ1) is 13.1. The zero-order valence-electron chi connectivity index (χ0n) is 11.0. The van der Waals surface area contributed by atoms with Gasteiger partial charge >= 0.3 is 0 Å². The van der Waals surface area contributed by atoms with Gasteiger partial charge in [-0.05, 0) is 59.8 Å². The lowest BCUT2D eigenvalue weighted by Crippen LogP contribution is -1.97. The Hall–Kier alpha value is -1.87. The van der Waals surface area contributed by atoms with Crippen molar-refractivity contribution < 1.29 is 0 Å². The topological polar surface area (TPSA) is 41.6 Å². The number of nitrogens with zero attached hydrogens (tertiary/aromatic N) is 3. The summed E-state index contributed by atoms with van der Waals surface area (Å²) in [5.74, 6) is 0.953. The maximum atomic E-state index is 8.99. The molecule has 0 fully saturated rings. The van der Waals surface area contributed by atoms with Gasteiger partial charge < -0.3 is 4.57 Å². The van der Waals surface area contributed by atoms with Crippen LogP contribution in [0.3, 0.4) is 0 Å². The van der Waals surface area contributed by atoms with Crippen LogP contribution in [0.4, 0.5) is 0 Å². The lowest BCUT2D eigenvalue weighted by Gasteiger charge is -2.06. The zero-order chi connectivity index (χ0) is 14.1. The molecular formula is C16H12IN3. The van der Waals surface area contributed by atoms with Crippen molar-refractivity contribution in [3.05, 3.63) is 51.6 Å². The van der Waals surface area contributed by atoms with Gasteiger partial charge in [0.05, 0.1) is 22.7 Å². The highest BCUT2D eigenvalue weighted by Crippen LogP contribution is 2.26. The molecule has 0 saturated carbocycles. The van der Waals surface area contributed by atoms with Gasteiger partial charge in [-0.2, -0.15) is 5.26 Å². The molecule has 1 aromatic heterocycles. The number of benzene rings is 2. The van der Waals surface area contributed by atoms with Gasteiger partial charge in [0.2, 0.25) is 0 Å². The summed E-state index contributed by atoms with van der Waals surface area (Å²) in [7, 11) is 0. The summed E-state index contributed by atoms with van der Waals surface area (Å²) in [6.07, 6.45) is 0. The molecule has 2 aromatic carbocycles. The Morgan fingerprint density at radius 1 is 1.20 bits per heavy atom. The molecule has 0 aliphatic heterocycles. The highest BCUT2D eigenvalue weighted by Gasteiger charge is 2.11. The minimum absolute atomic E-state index is 0.646. The number of halogens is 1. The van der Waals surface area contributed by atoms with E-state index < -0.39 is 0 Å². The fraction of sp³-hybridized carbons (Fsp3) is 0.125. The first-order valence-electron chi connectivity index (χ1n) is 6.39. The molecule has 4 heteroatoms. The van der Waals surface area contributed by atoms with Crippen LogP contribution in [0.5, 0.6) is 0 Å². The second-order valence-electron chi connectivity index (χ2n) is 4.50. The summed E-state index contributed by atoms with van der Waals surface area (Å²) in [5.41, 5.74) is 3.69. The molecule has 0 unspecified atom stereocenters. The lowest BCUT2D eigenvalue weighted by atomic mass is 10.2. The summed E-state index contributed by atoms with van der Waals surface area (Å²) in [4.78, 5) is 4.70. The van der Waals surface area contributed by atoms with E-state index in [1.807, 2.05) is 18.2 Å². The Labute approximate surface area is 131 Å². The van der Waals surface area contributed by atoms with Crippen molar-refractivity contribution in [3.63, 3.8) is 0 Å². The SMILES string of the molecule is CCn1c(-c2ccc(I)cc2)nc2cc(C#N)ccc21. The Morgan fingerprint density at radius 2 is 1.95 bits per heavy atom. The van der Waals surface area contributed by atoms with Crippen LogP contribution in [-0.2, 0) is 6.54 Å². The number of hydrogen-bond acceptors (Lipinski definition) is 2. The van der Waals surface area contributed by atoms with Gasteiger partial charge in [-0.15, -0.1) is 0 Å². The molecule has 3 aromatic rings. The Balaban J connectivity index is 2.25. The van der Waals surface area contributed by atoms with Gasteiger partial charge in [-0.1, -0.05) is 12.1 Å². The van der Waals surface area contributed by atoms with Gasteiger partial charge in [-0.3, -0.25) is 0 Å². The average Bonchev–Trinajstić information content (AvgIpc) is 2.85. The predicted molar refractivity (Wildman–Crippen MR) is 88.3 cm³/mol. The molecule has 0 atom stereocenters. The molecular weight excluding hydrogens is 361 g/mol. The molecule has 98 valence electrons. The largest absolute Gasteiger partial charge is 0.324 e. The quantitative estimate of drug-likeness (QED) is 0.632. The van der Waals surface area contributed by atoms with Crippen LogP contribution in [-0.4, -0.2) is 9.55 Å². The number of nitriles is 1. The van der Waals surface area contributed by atoms with Crippen molar-refractivity contribution in [3.8, 4) is 17.5 Å². The van der Waals surface area contributed by atoms with Crippen LogP contribution in [0.2, 0.25) is 0 Å². The summed E-state index contributed by atoms with van der Waals surface area (Å²) in [6, 6.07) is 16.1. The van der Waals surface area contributed by atoms with E-state index in [-0.39, 0.29) is 0 Å². The fourth-order valence-electron chi connectivity index (χ4n) is 2.34. The van der Waals surface area contributed by atoms with E-state index in [1.165, 1.54) is 3.57 Å². The number of imidazole rings is 1. The lowest BCUT2D eigenvalue weighted by molar-refractivity contribution is 0.796. The highest BCUT2D eigenvalue weighted by molar-refractivity contribution is 14.1. The first-order valence-corrected chi connectivity index (χ1v) is 7.47. The Bertz CT molecular complexity index is 810. The summed E-state index contributed by atoms with van der Waals surface area (Å²) in [6.45, 7) is 2.96. The second-order valence-corrected chi connectivity index (χ2v) is 5.75. The van der Waals surface area contributed by atoms with E-state index in [2.05, 4.69) is 64.4 Å². The smallest absolute Gasteiger partial charge is 0.141 e. The minimum Gasteiger partial charge on any atom is -0.324 e. The third-order valence-electron chi connectivity index (χ3n) is 3.30. The van der Waals surface area contributed by atoms with E-state index in [1.54, 1.807) is 0 Å². The van der Waals surface area contributed by atoms with Crippen LogP contribution in [0.25, 0.3) is 22.4 Å². The van der Waals surface area contributed by atoms with Crippen molar-refractivity contribution >= 4 is 33.6 Å².